The largest absolute Gasteiger partial charge is 0.381 e. The van der Waals surface area contributed by atoms with E-state index < -0.39 is 9.84 Å². The molecule has 1 aromatic heterocycles. The molecule has 0 saturated heterocycles. The van der Waals surface area contributed by atoms with Crippen molar-refractivity contribution in [1.82, 2.24) is 15.0 Å². The summed E-state index contributed by atoms with van der Waals surface area (Å²) < 4.78 is 24.6. The van der Waals surface area contributed by atoms with E-state index in [1.807, 2.05) is 0 Å². The van der Waals surface area contributed by atoms with Crippen LogP contribution in [0.1, 0.15) is 19.5 Å². The normalized spacial score (nSPS) is 12.3. The Kier molecular flexibility index (Phi) is 3.33. The van der Waals surface area contributed by atoms with Crippen LogP contribution in [0.3, 0.4) is 0 Å². The minimum atomic E-state index is -3.03. The predicted octanol–water partition coefficient (Wildman–Crippen LogP) is -0.00808. The number of nitrogens with zero attached hydrogens (tertiary/aromatic N) is 3. The van der Waals surface area contributed by atoms with Gasteiger partial charge in [-0.05, 0) is 20.8 Å². The minimum absolute atomic E-state index is 0.0638. The van der Waals surface area contributed by atoms with E-state index in [0.717, 1.165) is 0 Å². The summed E-state index contributed by atoms with van der Waals surface area (Å²) in [5, 5.41) is 7.05. The van der Waals surface area contributed by atoms with Gasteiger partial charge in [-0.25, -0.2) is 13.1 Å². The standard InChI is InChI=1S/C8H16N4O2S/c1-6(2)15(13,14)5-4-12-7(3)8(9)10-11-12/h6H,4-5,9H2,1-3H3. The maximum Gasteiger partial charge on any atom is 0.168 e. The van der Waals surface area contributed by atoms with Gasteiger partial charge in [0.1, 0.15) is 0 Å². The summed E-state index contributed by atoms with van der Waals surface area (Å²) in [6.07, 6.45) is 0. The van der Waals surface area contributed by atoms with Crippen LogP contribution in [0.5, 0.6) is 0 Å². The number of hydrogen-bond donors (Lipinski definition) is 1. The third kappa shape index (κ3) is 2.68. The van der Waals surface area contributed by atoms with Crippen molar-refractivity contribution in [2.75, 3.05) is 11.5 Å². The van der Waals surface area contributed by atoms with E-state index in [9.17, 15) is 8.42 Å². The first-order valence-corrected chi connectivity index (χ1v) is 6.43. The molecule has 1 rings (SSSR count). The summed E-state index contributed by atoms with van der Waals surface area (Å²) in [7, 11) is -3.03. The van der Waals surface area contributed by atoms with Crippen LogP contribution in [-0.2, 0) is 16.4 Å². The van der Waals surface area contributed by atoms with Crippen LogP contribution in [0.4, 0.5) is 5.82 Å². The Morgan fingerprint density at radius 2 is 2.07 bits per heavy atom. The molecule has 86 valence electrons. The monoisotopic (exact) mass is 232 g/mol. The third-order valence-electron chi connectivity index (χ3n) is 2.32. The summed E-state index contributed by atoms with van der Waals surface area (Å²) in [6, 6.07) is 0. The second-order valence-corrected chi connectivity index (χ2v) is 6.38. The van der Waals surface area contributed by atoms with Gasteiger partial charge in [0.2, 0.25) is 0 Å². The molecule has 0 bridgehead atoms. The Balaban J connectivity index is 2.70. The van der Waals surface area contributed by atoms with Crippen LogP contribution >= 0.6 is 0 Å². The summed E-state index contributed by atoms with van der Waals surface area (Å²) in [6.45, 7) is 5.39. The highest BCUT2D eigenvalue weighted by molar-refractivity contribution is 7.91. The maximum absolute atomic E-state index is 11.5. The van der Waals surface area contributed by atoms with Crippen molar-refractivity contribution in [2.45, 2.75) is 32.6 Å². The number of aromatic nitrogens is 3. The number of sulfone groups is 1. The first kappa shape index (κ1) is 12.0. The zero-order chi connectivity index (χ0) is 11.6. The highest BCUT2D eigenvalue weighted by Crippen LogP contribution is 2.06. The summed E-state index contributed by atoms with van der Waals surface area (Å²) in [4.78, 5) is 0. The number of aryl methyl sites for hydroxylation is 1. The molecule has 1 heterocycles. The second-order valence-electron chi connectivity index (χ2n) is 3.70. The van der Waals surface area contributed by atoms with Gasteiger partial charge in [-0.1, -0.05) is 5.21 Å². The molecule has 0 radical (unpaired) electrons. The van der Waals surface area contributed by atoms with E-state index in [-0.39, 0.29) is 11.0 Å². The van der Waals surface area contributed by atoms with Crippen molar-refractivity contribution in [3.05, 3.63) is 5.69 Å². The topological polar surface area (TPSA) is 90.9 Å². The van der Waals surface area contributed by atoms with E-state index in [1.54, 1.807) is 20.8 Å². The zero-order valence-corrected chi connectivity index (χ0v) is 9.95. The van der Waals surface area contributed by atoms with Crippen LogP contribution in [0, 0.1) is 6.92 Å². The molecule has 0 fully saturated rings. The Morgan fingerprint density at radius 1 is 1.47 bits per heavy atom. The van der Waals surface area contributed by atoms with Gasteiger partial charge in [-0.15, -0.1) is 5.10 Å². The van der Waals surface area contributed by atoms with Crippen LogP contribution in [0.15, 0.2) is 0 Å². The van der Waals surface area contributed by atoms with Crippen LogP contribution < -0.4 is 5.73 Å². The minimum Gasteiger partial charge on any atom is -0.381 e. The molecule has 0 atom stereocenters. The van der Waals surface area contributed by atoms with Crippen LogP contribution in [0.25, 0.3) is 0 Å². The summed E-state index contributed by atoms with van der Waals surface area (Å²) >= 11 is 0. The number of hydrogen-bond acceptors (Lipinski definition) is 5. The van der Waals surface area contributed by atoms with E-state index in [2.05, 4.69) is 10.3 Å². The molecule has 0 aliphatic carbocycles. The lowest BCUT2D eigenvalue weighted by Gasteiger charge is -2.07. The van der Waals surface area contributed by atoms with Gasteiger partial charge in [0, 0.05) is 0 Å². The average molecular weight is 232 g/mol. The number of anilines is 1. The molecular weight excluding hydrogens is 216 g/mol. The molecule has 0 spiro atoms. The SMILES string of the molecule is Cc1c(N)nnn1CCS(=O)(=O)C(C)C. The lowest BCUT2D eigenvalue weighted by molar-refractivity contribution is 0.564. The Bertz CT molecular complexity index is 435. The molecular formula is C8H16N4O2S. The van der Waals surface area contributed by atoms with E-state index in [1.165, 1.54) is 4.68 Å². The number of nitrogens with two attached hydrogens (primary N) is 1. The molecule has 7 heteroatoms. The first-order valence-electron chi connectivity index (χ1n) is 4.71. The molecule has 1 aromatic rings. The molecule has 0 unspecified atom stereocenters. The van der Waals surface area contributed by atoms with Crippen molar-refractivity contribution >= 4 is 15.7 Å². The van der Waals surface area contributed by atoms with Crippen molar-refractivity contribution < 1.29 is 8.42 Å². The highest BCUT2D eigenvalue weighted by Gasteiger charge is 2.17. The Hall–Kier alpha value is -1.11. The molecule has 0 aromatic carbocycles. The van der Waals surface area contributed by atoms with Gasteiger partial charge in [0.25, 0.3) is 0 Å². The molecule has 0 aliphatic rings. The zero-order valence-electron chi connectivity index (χ0n) is 9.14. The van der Waals surface area contributed by atoms with Gasteiger partial charge < -0.3 is 5.73 Å². The van der Waals surface area contributed by atoms with Crippen LogP contribution in [0.2, 0.25) is 0 Å². The van der Waals surface area contributed by atoms with Gasteiger partial charge in [0.05, 0.1) is 23.2 Å². The fourth-order valence-corrected chi connectivity index (χ4v) is 1.93. The lowest BCUT2D eigenvalue weighted by Crippen LogP contribution is -2.22. The maximum atomic E-state index is 11.5. The summed E-state index contributed by atoms with van der Waals surface area (Å²) in [5.41, 5.74) is 6.20. The molecule has 15 heavy (non-hydrogen) atoms. The van der Waals surface area contributed by atoms with E-state index >= 15 is 0 Å². The fraction of sp³-hybridized carbons (Fsp3) is 0.750. The van der Waals surface area contributed by atoms with Crippen molar-refractivity contribution in [2.24, 2.45) is 0 Å². The highest BCUT2D eigenvalue weighted by atomic mass is 32.2. The summed E-state index contributed by atoms with van der Waals surface area (Å²) in [5.74, 6) is 0.408. The Morgan fingerprint density at radius 3 is 2.47 bits per heavy atom. The third-order valence-corrected chi connectivity index (χ3v) is 4.51. The van der Waals surface area contributed by atoms with Crippen molar-refractivity contribution in [3.8, 4) is 0 Å². The number of nitrogen functional groups attached to an aromatic ring is 1. The van der Waals surface area contributed by atoms with Crippen LogP contribution in [-0.4, -0.2) is 34.4 Å². The van der Waals surface area contributed by atoms with Crippen molar-refractivity contribution in [3.63, 3.8) is 0 Å². The van der Waals surface area contributed by atoms with Gasteiger partial charge in [-0.2, -0.15) is 0 Å². The van der Waals surface area contributed by atoms with Gasteiger partial charge in [-0.3, -0.25) is 0 Å². The van der Waals surface area contributed by atoms with E-state index in [0.29, 0.717) is 18.1 Å². The smallest absolute Gasteiger partial charge is 0.168 e. The predicted molar refractivity (Wildman–Crippen MR) is 58.1 cm³/mol. The van der Waals surface area contributed by atoms with E-state index in [4.69, 9.17) is 5.73 Å². The van der Waals surface area contributed by atoms with Gasteiger partial charge in [0.15, 0.2) is 15.7 Å². The molecule has 2 N–H and O–H groups in total. The van der Waals surface area contributed by atoms with Gasteiger partial charge >= 0.3 is 0 Å². The van der Waals surface area contributed by atoms with Crippen molar-refractivity contribution in [1.29, 1.82) is 0 Å². The fourth-order valence-electron chi connectivity index (χ4n) is 1.04. The molecule has 0 amide bonds. The molecule has 0 saturated carbocycles. The quantitative estimate of drug-likeness (QED) is 0.788. The Labute approximate surface area is 89.4 Å². The molecule has 6 nitrogen and oxygen atoms in total. The average Bonchev–Trinajstić information content (AvgIpc) is 2.45. The molecule has 0 aliphatic heterocycles. The lowest BCUT2D eigenvalue weighted by atomic mass is 10.5. The number of rotatable bonds is 4. The second kappa shape index (κ2) is 4.18. The first-order chi connectivity index (χ1) is 6.84.